The highest BCUT2D eigenvalue weighted by atomic mass is 35.5. The van der Waals surface area contributed by atoms with Crippen molar-refractivity contribution in [1.82, 2.24) is 0 Å². The molecule has 2 N–H and O–H groups in total. The molecule has 0 bridgehead atoms. The topological polar surface area (TPSA) is 57.5 Å². The standard InChI is InChI=1S/C10H10ClFO3/c1-5(4-8(14)15)9-7(13)3-2-6(12)10(9)11/h2-3,5,13H,4H2,1H3,(H,14,15). The number of carbonyl (C=O) groups is 1. The lowest BCUT2D eigenvalue weighted by Gasteiger charge is -2.13. The Morgan fingerprint density at radius 1 is 1.60 bits per heavy atom. The van der Waals surface area contributed by atoms with Crippen LogP contribution < -0.4 is 0 Å². The van der Waals surface area contributed by atoms with Crippen molar-refractivity contribution in [3.63, 3.8) is 0 Å². The van der Waals surface area contributed by atoms with Crippen LogP contribution in [0.5, 0.6) is 5.75 Å². The van der Waals surface area contributed by atoms with E-state index in [1.165, 1.54) is 0 Å². The fourth-order valence-corrected chi connectivity index (χ4v) is 1.73. The maximum atomic E-state index is 13.1. The summed E-state index contributed by atoms with van der Waals surface area (Å²) in [5.74, 6) is -2.41. The second-order valence-electron chi connectivity index (χ2n) is 3.29. The van der Waals surface area contributed by atoms with Crippen molar-refractivity contribution < 1.29 is 19.4 Å². The van der Waals surface area contributed by atoms with Crippen LogP contribution in [0.1, 0.15) is 24.8 Å². The van der Waals surface area contributed by atoms with Gasteiger partial charge < -0.3 is 10.2 Å². The van der Waals surface area contributed by atoms with E-state index >= 15 is 0 Å². The van der Waals surface area contributed by atoms with E-state index in [0.717, 1.165) is 12.1 Å². The second-order valence-corrected chi connectivity index (χ2v) is 3.67. The number of carboxylic acid groups (broad SMARTS) is 1. The van der Waals surface area contributed by atoms with Crippen LogP contribution in [0.15, 0.2) is 12.1 Å². The Morgan fingerprint density at radius 2 is 2.20 bits per heavy atom. The Kier molecular flexibility index (Phi) is 3.52. The Balaban J connectivity index is 3.12. The van der Waals surface area contributed by atoms with Crippen molar-refractivity contribution in [2.75, 3.05) is 0 Å². The van der Waals surface area contributed by atoms with Crippen molar-refractivity contribution in [1.29, 1.82) is 0 Å². The highest BCUT2D eigenvalue weighted by molar-refractivity contribution is 6.31. The predicted molar refractivity (Wildman–Crippen MR) is 53.7 cm³/mol. The van der Waals surface area contributed by atoms with Crippen LogP contribution in [-0.4, -0.2) is 16.2 Å². The maximum Gasteiger partial charge on any atom is 0.303 e. The maximum absolute atomic E-state index is 13.1. The van der Waals surface area contributed by atoms with Crippen molar-refractivity contribution >= 4 is 17.6 Å². The van der Waals surface area contributed by atoms with Gasteiger partial charge in [0.2, 0.25) is 0 Å². The van der Waals surface area contributed by atoms with Crippen molar-refractivity contribution in [2.45, 2.75) is 19.3 Å². The van der Waals surface area contributed by atoms with Gasteiger partial charge in [0.25, 0.3) is 0 Å². The van der Waals surface area contributed by atoms with Crippen LogP contribution in [0.25, 0.3) is 0 Å². The molecule has 82 valence electrons. The van der Waals surface area contributed by atoms with E-state index < -0.39 is 17.7 Å². The molecule has 0 spiro atoms. The average molecular weight is 233 g/mol. The molecule has 1 aromatic rings. The molecule has 0 amide bonds. The molecule has 0 saturated heterocycles. The summed E-state index contributed by atoms with van der Waals surface area (Å²) < 4.78 is 13.1. The van der Waals surface area contributed by atoms with Crippen LogP contribution in [0, 0.1) is 5.82 Å². The highest BCUT2D eigenvalue weighted by Gasteiger charge is 2.19. The van der Waals surface area contributed by atoms with E-state index in [9.17, 15) is 14.3 Å². The molecule has 15 heavy (non-hydrogen) atoms. The minimum Gasteiger partial charge on any atom is -0.508 e. The normalized spacial score (nSPS) is 12.5. The summed E-state index contributed by atoms with van der Waals surface area (Å²) in [5, 5.41) is 17.8. The summed E-state index contributed by atoms with van der Waals surface area (Å²) in [6, 6.07) is 2.20. The smallest absolute Gasteiger partial charge is 0.303 e. The third-order valence-corrected chi connectivity index (χ3v) is 2.47. The molecule has 0 aliphatic heterocycles. The van der Waals surface area contributed by atoms with Crippen LogP contribution in [-0.2, 0) is 4.79 Å². The van der Waals surface area contributed by atoms with Gasteiger partial charge in [-0.15, -0.1) is 0 Å². The predicted octanol–water partition coefficient (Wildman–Crippen LogP) is 2.76. The van der Waals surface area contributed by atoms with Crippen molar-refractivity contribution in [2.24, 2.45) is 0 Å². The number of benzene rings is 1. The summed E-state index contributed by atoms with van der Waals surface area (Å²) in [5.41, 5.74) is 0.138. The number of hydrogen-bond acceptors (Lipinski definition) is 2. The second kappa shape index (κ2) is 4.49. The first-order valence-electron chi connectivity index (χ1n) is 4.32. The first-order valence-corrected chi connectivity index (χ1v) is 4.70. The van der Waals surface area contributed by atoms with Crippen LogP contribution in [0.4, 0.5) is 4.39 Å². The number of hydrogen-bond donors (Lipinski definition) is 2. The fraction of sp³-hybridized carbons (Fsp3) is 0.300. The molecule has 1 unspecified atom stereocenters. The molecule has 0 radical (unpaired) electrons. The van der Waals surface area contributed by atoms with Gasteiger partial charge in [-0.05, 0) is 18.1 Å². The van der Waals surface area contributed by atoms with Gasteiger partial charge in [0.05, 0.1) is 11.4 Å². The number of halogens is 2. The van der Waals surface area contributed by atoms with Gasteiger partial charge in [-0.3, -0.25) is 4.79 Å². The van der Waals surface area contributed by atoms with Gasteiger partial charge in [0.15, 0.2) is 0 Å². The summed E-state index contributed by atoms with van der Waals surface area (Å²) in [6.45, 7) is 1.56. The number of aromatic hydroxyl groups is 1. The Bertz CT molecular complexity index is 392. The molecule has 1 atom stereocenters. The van der Waals surface area contributed by atoms with Gasteiger partial charge in [0.1, 0.15) is 11.6 Å². The molecular formula is C10H10ClFO3. The molecule has 0 fully saturated rings. The third-order valence-electron chi connectivity index (χ3n) is 2.08. The summed E-state index contributed by atoms with van der Waals surface area (Å²) >= 11 is 5.65. The first-order chi connectivity index (χ1) is 6.93. The quantitative estimate of drug-likeness (QED) is 0.843. The number of carboxylic acids is 1. The molecule has 3 nitrogen and oxygen atoms in total. The molecule has 0 aliphatic carbocycles. The number of phenols is 1. The van der Waals surface area contributed by atoms with E-state index in [4.69, 9.17) is 16.7 Å². The monoisotopic (exact) mass is 232 g/mol. The number of aliphatic carboxylic acids is 1. The molecule has 0 aliphatic rings. The zero-order valence-corrected chi connectivity index (χ0v) is 8.75. The Labute approximate surface area is 91.1 Å². The van der Waals surface area contributed by atoms with Gasteiger partial charge in [-0.1, -0.05) is 18.5 Å². The molecule has 0 saturated carbocycles. The lowest BCUT2D eigenvalue weighted by Crippen LogP contribution is -2.04. The van der Waals surface area contributed by atoms with E-state index in [0.29, 0.717) is 0 Å². The summed E-state index contributed by atoms with van der Waals surface area (Å²) in [4.78, 5) is 10.5. The minimum atomic E-state index is -1.03. The van der Waals surface area contributed by atoms with Gasteiger partial charge >= 0.3 is 5.97 Å². The van der Waals surface area contributed by atoms with Crippen molar-refractivity contribution in [3.8, 4) is 5.75 Å². The van der Waals surface area contributed by atoms with Gasteiger partial charge in [-0.25, -0.2) is 4.39 Å². The Morgan fingerprint density at radius 3 is 2.73 bits per heavy atom. The first kappa shape index (κ1) is 11.8. The third kappa shape index (κ3) is 2.59. The Hall–Kier alpha value is -1.29. The molecular weight excluding hydrogens is 223 g/mol. The summed E-state index contributed by atoms with van der Waals surface area (Å²) in [7, 11) is 0. The lowest BCUT2D eigenvalue weighted by molar-refractivity contribution is -0.137. The zero-order valence-electron chi connectivity index (χ0n) is 8.00. The van der Waals surface area contributed by atoms with E-state index in [1.54, 1.807) is 6.92 Å². The van der Waals surface area contributed by atoms with E-state index in [1.807, 2.05) is 0 Å². The molecule has 5 heteroatoms. The van der Waals surface area contributed by atoms with Gasteiger partial charge in [-0.2, -0.15) is 0 Å². The number of phenolic OH excluding ortho intramolecular Hbond substituents is 1. The molecule has 0 heterocycles. The zero-order chi connectivity index (χ0) is 11.6. The minimum absolute atomic E-state index is 0.138. The molecule has 0 aromatic heterocycles. The van der Waals surface area contributed by atoms with Crippen molar-refractivity contribution in [3.05, 3.63) is 28.5 Å². The van der Waals surface area contributed by atoms with Crippen LogP contribution in [0.3, 0.4) is 0 Å². The lowest BCUT2D eigenvalue weighted by atomic mass is 9.96. The number of rotatable bonds is 3. The summed E-state index contributed by atoms with van der Waals surface area (Å²) in [6.07, 6.45) is -0.212. The van der Waals surface area contributed by atoms with E-state index in [-0.39, 0.29) is 22.8 Å². The average Bonchev–Trinajstić information content (AvgIpc) is 2.11. The van der Waals surface area contributed by atoms with Crippen LogP contribution >= 0.6 is 11.6 Å². The van der Waals surface area contributed by atoms with Crippen LogP contribution in [0.2, 0.25) is 5.02 Å². The molecule has 1 rings (SSSR count). The molecule has 1 aromatic carbocycles. The fourth-order valence-electron chi connectivity index (χ4n) is 1.39. The van der Waals surface area contributed by atoms with Gasteiger partial charge in [0, 0.05) is 5.56 Å². The SMILES string of the molecule is CC(CC(=O)O)c1c(O)ccc(F)c1Cl. The largest absolute Gasteiger partial charge is 0.508 e. The highest BCUT2D eigenvalue weighted by Crippen LogP contribution is 2.35. The van der Waals surface area contributed by atoms with E-state index in [2.05, 4.69) is 0 Å².